The molecule has 1 N–H and O–H groups in total. The molecule has 13 nitrogen and oxygen atoms in total. The second kappa shape index (κ2) is 16.0. The molecule has 1 fully saturated rings. The number of nitrogens with one attached hydrogen (secondary N) is 1. The lowest BCUT2D eigenvalue weighted by Crippen LogP contribution is -2.53. The Morgan fingerprint density at radius 3 is 2.18 bits per heavy atom. The third-order valence-corrected chi connectivity index (χ3v) is 6.02. The van der Waals surface area contributed by atoms with Gasteiger partial charge in [0.1, 0.15) is 6.61 Å². The number of rotatable bonds is 15. The van der Waals surface area contributed by atoms with E-state index < -0.39 is 35.4 Å². The zero-order valence-electron chi connectivity index (χ0n) is 22.1. The number of hydrogen-bond donors (Lipinski definition) is 1. The minimum atomic E-state index is -0.829. The van der Waals surface area contributed by atoms with Gasteiger partial charge in [0.05, 0.1) is 44.1 Å². The average Bonchev–Trinajstić information content (AvgIpc) is 2.87. The Balaban J connectivity index is 1.62. The molecule has 0 aromatic heterocycles. The monoisotopic (exact) mass is 540 g/mol. The van der Waals surface area contributed by atoms with Gasteiger partial charge in [0, 0.05) is 44.0 Å². The number of nitro benzene ring substituents is 1. The van der Waals surface area contributed by atoms with Crippen LogP contribution >= 0.6 is 0 Å². The van der Waals surface area contributed by atoms with E-state index in [4.69, 9.17) is 28.4 Å². The van der Waals surface area contributed by atoms with Gasteiger partial charge in [-0.2, -0.15) is 0 Å². The van der Waals surface area contributed by atoms with Gasteiger partial charge < -0.3 is 33.7 Å². The molecular weight excluding hydrogens is 504 g/mol. The largest absolute Gasteiger partial charge is 0.463 e. The number of carbonyl (C=O) groups is 3. The minimum Gasteiger partial charge on any atom is -0.463 e. The fourth-order valence-corrected chi connectivity index (χ4v) is 3.76. The number of nitro groups is 1. The summed E-state index contributed by atoms with van der Waals surface area (Å²) in [6.45, 7) is 8.13. The van der Waals surface area contributed by atoms with Crippen LogP contribution < -0.4 is 5.32 Å². The summed E-state index contributed by atoms with van der Waals surface area (Å²) in [6, 6.07) is 5.31. The molecule has 212 valence electrons. The Bertz CT molecular complexity index is 922. The van der Waals surface area contributed by atoms with Crippen molar-refractivity contribution in [2.45, 2.75) is 46.2 Å². The van der Waals surface area contributed by atoms with E-state index in [-0.39, 0.29) is 56.4 Å². The van der Waals surface area contributed by atoms with Crippen LogP contribution in [0.5, 0.6) is 0 Å². The molecule has 13 heteroatoms. The Kier molecular flexibility index (Phi) is 13.1. The van der Waals surface area contributed by atoms with Crippen molar-refractivity contribution < 1.29 is 47.7 Å². The molecule has 2 rings (SSSR count). The smallest absolute Gasteiger partial charge is 0.303 e. The highest BCUT2D eigenvalue weighted by atomic mass is 16.7. The van der Waals surface area contributed by atoms with Crippen molar-refractivity contribution in [3.05, 3.63) is 39.9 Å². The lowest BCUT2D eigenvalue weighted by atomic mass is 9.83. The van der Waals surface area contributed by atoms with Gasteiger partial charge in [-0.15, -0.1) is 0 Å². The van der Waals surface area contributed by atoms with Crippen molar-refractivity contribution in [2.24, 2.45) is 11.8 Å². The van der Waals surface area contributed by atoms with Crippen LogP contribution in [0.3, 0.4) is 0 Å². The average molecular weight is 541 g/mol. The first-order chi connectivity index (χ1) is 18.1. The zero-order chi connectivity index (χ0) is 28.1. The highest BCUT2D eigenvalue weighted by molar-refractivity contribution is 5.94. The maximum Gasteiger partial charge on any atom is 0.303 e. The second-order valence-electron chi connectivity index (χ2n) is 8.79. The van der Waals surface area contributed by atoms with Crippen molar-refractivity contribution in [2.75, 3.05) is 46.2 Å². The summed E-state index contributed by atoms with van der Waals surface area (Å²) in [6.07, 6.45) is -1.84. The number of benzene rings is 1. The number of amides is 1. The number of carbonyl (C=O) groups excluding carboxylic acids is 3. The van der Waals surface area contributed by atoms with Crippen LogP contribution in [0.2, 0.25) is 0 Å². The van der Waals surface area contributed by atoms with E-state index in [1.54, 1.807) is 0 Å². The van der Waals surface area contributed by atoms with Crippen molar-refractivity contribution >= 4 is 23.5 Å². The van der Waals surface area contributed by atoms with Crippen LogP contribution in [0, 0.1) is 22.0 Å². The SMILES string of the molecule is CC(=O)OCC1O[C@H](OCCOCCOCCNC(=O)c2ccc([N+](=O)[O-])cc2)C(OC(C)=O)[C@@H](C)[C@@H]1C. The molecule has 0 spiro atoms. The minimum absolute atomic E-state index is 0.0362. The molecule has 1 amide bonds. The zero-order valence-corrected chi connectivity index (χ0v) is 22.1. The molecule has 1 saturated heterocycles. The lowest BCUT2D eigenvalue weighted by molar-refractivity contribution is -0.384. The quantitative estimate of drug-likeness (QED) is 0.150. The fraction of sp³-hybridized carbons (Fsp3) is 0.640. The van der Waals surface area contributed by atoms with E-state index in [0.717, 1.165) is 0 Å². The third kappa shape index (κ3) is 10.3. The van der Waals surface area contributed by atoms with E-state index in [9.17, 15) is 24.5 Å². The summed E-state index contributed by atoms with van der Waals surface area (Å²) in [5, 5.41) is 13.3. The summed E-state index contributed by atoms with van der Waals surface area (Å²) in [7, 11) is 0. The molecule has 1 aliphatic heterocycles. The van der Waals surface area contributed by atoms with Crippen LogP contribution in [0.4, 0.5) is 5.69 Å². The van der Waals surface area contributed by atoms with E-state index >= 15 is 0 Å². The van der Waals surface area contributed by atoms with E-state index in [0.29, 0.717) is 18.8 Å². The molecule has 1 aromatic rings. The summed E-state index contributed by atoms with van der Waals surface area (Å²) >= 11 is 0. The van der Waals surface area contributed by atoms with Gasteiger partial charge >= 0.3 is 11.9 Å². The lowest BCUT2D eigenvalue weighted by Gasteiger charge is -2.43. The number of non-ortho nitro benzene ring substituents is 1. The summed E-state index contributed by atoms with van der Waals surface area (Å²) in [5.41, 5.74) is 0.233. The molecule has 1 aromatic carbocycles. The van der Waals surface area contributed by atoms with Crippen LogP contribution in [0.1, 0.15) is 38.1 Å². The predicted molar refractivity (Wildman–Crippen MR) is 132 cm³/mol. The summed E-state index contributed by atoms with van der Waals surface area (Å²) < 4.78 is 33.2. The van der Waals surface area contributed by atoms with Gasteiger partial charge in [-0.3, -0.25) is 24.5 Å². The maximum absolute atomic E-state index is 12.0. The maximum atomic E-state index is 12.0. The van der Waals surface area contributed by atoms with Gasteiger partial charge in [-0.05, 0) is 18.1 Å². The summed E-state index contributed by atoms with van der Waals surface area (Å²) in [4.78, 5) is 45.0. The van der Waals surface area contributed by atoms with E-state index in [1.807, 2.05) is 13.8 Å². The molecule has 0 bridgehead atoms. The van der Waals surface area contributed by atoms with Crippen LogP contribution in [0.15, 0.2) is 24.3 Å². The van der Waals surface area contributed by atoms with Crippen molar-refractivity contribution in [1.82, 2.24) is 5.32 Å². The Morgan fingerprint density at radius 2 is 1.58 bits per heavy atom. The van der Waals surface area contributed by atoms with Gasteiger partial charge in [0.25, 0.3) is 11.6 Å². The fourth-order valence-electron chi connectivity index (χ4n) is 3.76. The number of ether oxygens (including phenoxy) is 6. The number of hydrogen-bond acceptors (Lipinski definition) is 11. The second-order valence-corrected chi connectivity index (χ2v) is 8.79. The van der Waals surface area contributed by atoms with Gasteiger partial charge in [-0.1, -0.05) is 13.8 Å². The molecule has 38 heavy (non-hydrogen) atoms. The van der Waals surface area contributed by atoms with Gasteiger partial charge in [0.2, 0.25) is 0 Å². The topological polar surface area (TPSA) is 162 Å². The summed E-state index contributed by atoms with van der Waals surface area (Å²) in [5.74, 6) is -1.33. The van der Waals surface area contributed by atoms with Crippen LogP contribution in [-0.2, 0) is 38.0 Å². The molecule has 0 saturated carbocycles. The molecule has 0 aliphatic carbocycles. The van der Waals surface area contributed by atoms with Crippen molar-refractivity contribution in [3.63, 3.8) is 0 Å². The van der Waals surface area contributed by atoms with Gasteiger partial charge in [0.15, 0.2) is 12.4 Å². The van der Waals surface area contributed by atoms with E-state index in [1.165, 1.54) is 38.1 Å². The van der Waals surface area contributed by atoms with Crippen molar-refractivity contribution in [1.29, 1.82) is 0 Å². The van der Waals surface area contributed by atoms with E-state index in [2.05, 4.69) is 5.32 Å². The first-order valence-corrected chi connectivity index (χ1v) is 12.4. The molecular formula is C25H36N2O11. The molecule has 2 unspecified atom stereocenters. The Morgan fingerprint density at radius 1 is 0.947 bits per heavy atom. The molecule has 5 atom stereocenters. The molecule has 1 heterocycles. The predicted octanol–water partition coefficient (Wildman–Crippen LogP) is 1.87. The first kappa shape index (κ1) is 31.1. The number of nitrogens with zero attached hydrogens (tertiary/aromatic N) is 1. The Labute approximate surface area is 221 Å². The molecule has 1 aliphatic rings. The van der Waals surface area contributed by atoms with Crippen LogP contribution in [-0.4, -0.2) is 87.5 Å². The highest BCUT2D eigenvalue weighted by Gasteiger charge is 2.44. The van der Waals surface area contributed by atoms with Crippen LogP contribution in [0.25, 0.3) is 0 Å². The van der Waals surface area contributed by atoms with Crippen molar-refractivity contribution in [3.8, 4) is 0 Å². The van der Waals surface area contributed by atoms with Gasteiger partial charge in [-0.25, -0.2) is 0 Å². The molecule has 0 radical (unpaired) electrons. The third-order valence-electron chi connectivity index (χ3n) is 6.02. The highest BCUT2D eigenvalue weighted by Crippen LogP contribution is 2.33. The number of esters is 2. The Hall–Kier alpha value is -3.13. The standard InChI is InChI=1S/C25H36N2O11/c1-16-17(2)23(37-19(4)29)25(38-22(16)15-36-18(3)28)35-14-13-34-12-11-33-10-9-26-24(30)20-5-7-21(8-6-20)27(31)32/h5-8,16-17,22-23,25H,9-15H2,1-4H3,(H,26,30)/t16-,17-,22?,23?,25-/m0/s1. The normalized spacial score (nSPS) is 22.9. The first-order valence-electron chi connectivity index (χ1n) is 12.4.